The summed E-state index contributed by atoms with van der Waals surface area (Å²) < 4.78 is 30.5. The molecule has 0 unspecified atom stereocenters. The number of carbonyl (C=O) groups is 1. The maximum absolute atomic E-state index is 13.1. The number of rotatable bonds is 3. The van der Waals surface area contributed by atoms with Crippen LogP contribution in [0.5, 0.6) is 0 Å². The van der Waals surface area contributed by atoms with E-state index in [0.717, 1.165) is 0 Å². The van der Waals surface area contributed by atoms with Crippen molar-refractivity contribution in [1.29, 1.82) is 0 Å². The molecule has 0 saturated heterocycles. The second kappa shape index (κ2) is 4.28. The molecule has 4 heteroatoms. The molecular weight excluding hydrogens is 190 g/mol. The second-order valence-electron chi connectivity index (χ2n) is 2.94. The highest BCUT2D eigenvalue weighted by Crippen LogP contribution is 2.14. The van der Waals surface area contributed by atoms with Gasteiger partial charge in [-0.1, -0.05) is 0 Å². The van der Waals surface area contributed by atoms with Gasteiger partial charge >= 0.3 is 0 Å². The maximum Gasteiger partial charge on any atom is 0.191 e. The van der Waals surface area contributed by atoms with Gasteiger partial charge in [-0.3, -0.25) is 4.79 Å². The number of hydrogen-bond donors (Lipinski definition) is 0. The van der Waals surface area contributed by atoms with Crippen molar-refractivity contribution < 1.29 is 18.3 Å². The third-order valence-electron chi connectivity index (χ3n) is 1.82. The van der Waals surface area contributed by atoms with Crippen LogP contribution in [0.2, 0.25) is 0 Å². The minimum absolute atomic E-state index is 0.134. The number of Topliss-reactive ketones (excluding diaryl/α,β-unsaturated/α-hetero) is 1. The Balaban J connectivity index is 3.09. The van der Waals surface area contributed by atoms with E-state index in [1.54, 1.807) is 0 Å². The highest BCUT2D eigenvalue weighted by Gasteiger charge is 2.13. The summed E-state index contributed by atoms with van der Waals surface area (Å²) in [5, 5.41) is 0. The molecular formula is C10H10F2O2. The Labute approximate surface area is 80.5 Å². The van der Waals surface area contributed by atoms with Crippen molar-refractivity contribution in [3.8, 4) is 0 Å². The van der Waals surface area contributed by atoms with E-state index in [2.05, 4.69) is 4.74 Å². The van der Waals surface area contributed by atoms with Gasteiger partial charge in [0.2, 0.25) is 0 Å². The highest BCUT2D eigenvalue weighted by atomic mass is 19.1. The van der Waals surface area contributed by atoms with Gasteiger partial charge in [0.25, 0.3) is 0 Å². The van der Waals surface area contributed by atoms with Gasteiger partial charge in [-0.15, -0.1) is 0 Å². The highest BCUT2D eigenvalue weighted by molar-refractivity contribution is 5.97. The van der Waals surface area contributed by atoms with Crippen LogP contribution in [0.25, 0.3) is 0 Å². The molecule has 0 aromatic heterocycles. The zero-order chi connectivity index (χ0) is 10.7. The summed E-state index contributed by atoms with van der Waals surface area (Å²) in [6, 6.07) is 1.89. The molecule has 1 aromatic rings. The fourth-order valence-corrected chi connectivity index (χ4v) is 1.08. The van der Waals surface area contributed by atoms with Crippen molar-refractivity contribution in [3.05, 3.63) is 34.9 Å². The average molecular weight is 200 g/mol. The van der Waals surface area contributed by atoms with E-state index in [0.29, 0.717) is 6.07 Å². The minimum Gasteiger partial charge on any atom is -0.377 e. The molecule has 14 heavy (non-hydrogen) atoms. The number of benzene rings is 1. The zero-order valence-electron chi connectivity index (χ0n) is 7.93. The van der Waals surface area contributed by atoms with E-state index in [9.17, 15) is 13.6 Å². The van der Waals surface area contributed by atoms with E-state index < -0.39 is 17.4 Å². The van der Waals surface area contributed by atoms with Gasteiger partial charge in [-0.2, -0.15) is 0 Å². The molecule has 0 bridgehead atoms. The lowest BCUT2D eigenvalue weighted by Crippen LogP contribution is -2.10. The Bertz CT molecular complexity index is 361. The summed E-state index contributed by atoms with van der Waals surface area (Å²) in [5.41, 5.74) is 0.108. The topological polar surface area (TPSA) is 26.3 Å². The summed E-state index contributed by atoms with van der Waals surface area (Å²) in [6.45, 7) is 1.26. The Hall–Kier alpha value is -1.29. The standard InChI is InChI=1S/C10H10F2O2/c1-6-3-7(10(13)5-14-2)9(12)4-8(6)11/h3-4H,5H2,1-2H3. The fourth-order valence-electron chi connectivity index (χ4n) is 1.08. The van der Waals surface area contributed by atoms with Crippen molar-refractivity contribution in [1.82, 2.24) is 0 Å². The Morgan fingerprint density at radius 3 is 2.57 bits per heavy atom. The van der Waals surface area contributed by atoms with Crippen LogP contribution in [0.4, 0.5) is 8.78 Å². The van der Waals surface area contributed by atoms with Gasteiger partial charge in [0.15, 0.2) is 5.78 Å². The van der Waals surface area contributed by atoms with Gasteiger partial charge in [0.1, 0.15) is 18.2 Å². The quantitative estimate of drug-likeness (QED) is 0.698. The van der Waals surface area contributed by atoms with Gasteiger partial charge in [0, 0.05) is 13.2 Å². The molecule has 0 aliphatic rings. The molecule has 1 rings (SSSR count). The molecule has 0 radical (unpaired) electrons. The van der Waals surface area contributed by atoms with Gasteiger partial charge < -0.3 is 4.74 Å². The number of carbonyl (C=O) groups excluding carboxylic acids is 1. The number of ketones is 1. The van der Waals surface area contributed by atoms with E-state index in [4.69, 9.17) is 0 Å². The Morgan fingerprint density at radius 1 is 1.36 bits per heavy atom. The fraction of sp³-hybridized carbons (Fsp3) is 0.300. The van der Waals surface area contributed by atoms with Crippen molar-refractivity contribution >= 4 is 5.78 Å². The first kappa shape index (κ1) is 10.8. The second-order valence-corrected chi connectivity index (χ2v) is 2.94. The van der Waals surface area contributed by atoms with E-state index in [1.165, 1.54) is 20.1 Å². The predicted octanol–water partition coefficient (Wildman–Crippen LogP) is 2.10. The lowest BCUT2D eigenvalue weighted by molar-refractivity contribution is 0.0843. The van der Waals surface area contributed by atoms with Crippen LogP contribution in [0.3, 0.4) is 0 Å². The first-order chi connectivity index (χ1) is 6.56. The molecule has 0 aliphatic heterocycles. The van der Waals surface area contributed by atoms with E-state index >= 15 is 0 Å². The van der Waals surface area contributed by atoms with E-state index in [1.807, 2.05) is 0 Å². The Morgan fingerprint density at radius 2 is 2.00 bits per heavy atom. The zero-order valence-corrected chi connectivity index (χ0v) is 7.93. The molecule has 0 spiro atoms. The minimum atomic E-state index is -0.852. The normalized spacial score (nSPS) is 10.3. The smallest absolute Gasteiger partial charge is 0.191 e. The van der Waals surface area contributed by atoms with Crippen LogP contribution < -0.4 is 0 Å². The number of hydrogen-bond acceptors (Lipinski definition) is 2. The number of methoxy groups -OCH3 is 1. The first-order valence-electron chi connectivity index (χ1n) is 4.04. The van der Waals surface area contributed by atoms with Crippen LogP contribution in [-0.2, 0) is 4.74 Å². The average Bonchev–Trinajstić information content (AvgIpc) is 2.11. The summed E-state index contributed by atoms with van der Waals surface area (Å²) in [5.74, 6) is -2.00. The molecule has 0 aliphatic carbocycles. The predicted molar refractivity (Wildman–Crippen MR) is 47.3 cm³/mol. The van der Waals surface area contributed by atoms with Crippen molar-refractivity contribution in [2.24, 2.45) is 0 Å². The lowest BCUT2D eigenvalue weighted by Gasteiger charge is -2.03. The number of ether oxygens (including phenoxy) is 1. The third-order valence-corrected chi connectivity index (χ3v) is 1.82. The van der Waals surface area contributed by atoms with Crippen LogP contribution in [0, 0.1) is 18.6 Å². The van der Waals surface area contributed by atoms with Crippen LogP contribution in [0.1, 0.15) is 15.9 Å². The molecule has 76 valence electrons. The molecule has 0 atom stereocenters. The van der Waals surface area contributed by atoms with Gasteiger partial charge in [-0.25, -0.2) is 8.78 Å². The van der Waals surface area contributed by atoms with E-state index in [-0.39, 0.29) is 17.7 Å². The van der Waals surface area contributed by atoms with Gasteiger partial charge in [-0.05, 0) is 18.6 Å². The number of aryl methyl sites for hydroxylation is 1. The molecule has 2 nitrogen and oxygen atoms in total. The summed E-state index contributed by atoms with van der Waals surface area (Å²) in [4.78, 5) is 11.2. The van der Waals surface area contributed by atoms with Crippen LogP contribution in [-0.4, -0.2) is 19.5 Å². The monoisotopic (exact) mass is 200 g/mol. The van der Waals surface area contributed by atoms with Gasteiger partial charge in [0.05, 0.1) is 5.56 Å². The largest absolute Gasteiger partial charge is 0.377 e. The van der Waals surface area contributed by atoms with Crippen molar-refractivity contribution in [3.63, 3.8) is 0 Å². The first-order valence-corrected chi connectivity index (χ1v) is 4.04. The Kier molecular flexibility index (Phi) is 3.30. The molecule has 1 aromatic carbocycles. The SMILES string of the molecule is COCC(=O)c1cc(C)c(F)cc1F. The van der Waals surface area contributed by atoms with Crippen molar-refractivity contribution in [2.45, 2.75) is 6.92 Å². The summed E-state index contributed by atoms with van der Waals surface area (Å²) >= 11 is 0. The molecule has 0 saturated carbocycles. The molecule has 0 N–H and O–H groups in total. The molecule has 0 amide bonds. The van der Waals surface area contributed by atoms with Crippen LogP contribution in [0.15, 0.2) is 12.1 Å². The number of halogens is 2. The summed E-state index contributed by atoms with van der Waals surface area (Å²) in [7, 11) is 1.34. The third kappa shape index (κ3) is 2.14. The maximum atomic E-state index is 13.1. The molecule has 0 fully saturated rings. The summed E-state index contributed by atoms with van der Waals surface area (Å²) in [6.07, 6.45) is 0. The lowest BCUT2D eigenvalue weighted by atomic mass is 10.1. The van der Waals surface area contributed by atoms with Crippen molar-refractivity contribution in [2.75, 3.05) is 13.7 Å². The van der Waals surface area contributed by atoms with Crippen LogP contribution >= 0.6 is 0 Å². The molecule has 0 heterocycles.